The average molecular weight is 444 g/mol. The summed E-state index contributed by atoms with van der Waals surface area (Å²) in [6, 6.07) is 12.7. The van der Waals surface area contributed by atoms with E-state index in [-0.39, 0.29) is 28.5 Å². The molecule has 1 aromatic carbocycles. The molecular formula is C25H25N5O3. The predicted octanol–water partition coefficient (Wildman–Crippen LogP) is 2.60. The number of carbonyl (C=O) groups is 1. The Labute approximate surface area is 190 Å². The van der Waals surface area contributed by atoms with Crippen LogP contribution >= 0.6 is 0 Å². The summed E-state index contributed by atoms with van der Waals surface area (Å²) >= 11 is 0. The number of nitrogens with zero attached hydrogens (tertiary/aromatic N) is 3. The molecule has 0 atom stereocenters. The van der Waals surface area contributed by atoms with E-state index in [0.717, 1.165) is 16.9 Å². The smallest absolute Gasteiger partial charge is 0.267 e. The van der Waals surface area contributed by atoms with Gasteiger partial charge in [0, 0.05) is 19.3 Å². The monoisotopic (exact) mass is 443 g/mol. The van der Waals surface area contributed by atoms with Crippen LogP contribution in [-0.2, 0) is 13.0 Å². The number of benzene rings is 1. The van der Waals surface area contributed by atoms with Gasteiger partial charge in [0.05, 0.1) is 18.1 Å². The Morgan fingerprint density at radius 2 is 2.00 bits per heavy atom. The molecule has 3 aromatic heterocycles. The maximum atomic E-state index is 13.2. The highest BCUT2D eigenvalue weighted by Gasteiger charge is 2.17. The van der Waals surface area contributed by atoms with Gasteiger partial charge in [-0.15, -0.1) is 6.58 Å². The maximum absolute atomic E-state index is 13.2. The first-order valence-electron chi connectivity index (χ1n) is 10.6. The molecule has 8 nitrogen and oxygen atoms in total. The molecule has 0 bridgehead atoms. The summed E-state index contributed by atoms with van der Waals surface area (Å²) in [4.78, 5) is 30.8. The van der Waals surface area contributed by atoms with Crippen molar-refractivity contribution in [3.8, 4) is 5.75 Å². The van der Waals surface area contributed by atoms with Gasteiger partial charge in [0.1, 0.15) is 22.5 Å². The Bertz CT molecular complexity index is 1480. The molecule has 0 aliphatic carbocycles. The zero-order valence-corrected chi connectivity index (χ0v) is 18.6. The van der Waals surface area contributed by atoms with E-state index in [2.05, 4.69) is 16.9 Å². The van der Waals surface area contributed by atoms with Crippen molar-refractivity contribution in [3.63, 3.8) is 0 Å². The number of pyridine rings is 2. The van der Waals surface area contributed by atoms with Crippen molar-refractivity contribution in [2.24, 2.45) is 0 Å². The largest absolute Gasteiger partial charge is 0.497 e. The molecule has 0 aliphatic rings. The van der Waals surface area contributed by atoms with E-state index in [0.29, 0.717) is 24.3 Å². The quantitative estimate of drug-likeness (QED) is 0.339. The summed E-state index contributed by atoms with van der Waals surface area (Å²) in [7, 11) is 1.61. The maximum Gasteiger partial charge on any atom is 0.267 e. The van der Waals surface area contributed by atoms with Gasteiger partial charge < -0.3 is 14.6 Å². The fraction of sp³-hybridized carbons (Fsp3) is 0.200. The molecule has 0 aliphatic heterocycles. The second-order valence-electron chi connectivity index (χ2n) is 7.70. The van der Waals surface area contributed by atoms with E-state index in [1.165, 1.54) is 15.0 Å². The van der Waals surface area contributed by atoms with Gasteiger partial charge in [0.25, 0.3) is 11.5 Å². The number of hydrogen-bond donors (Lipinski definition) is 2. The van der Waals surface area contributed by atoms with Crippen LogP contribution in [0.5, 0.6) is 5.75 Å². The van der Waals surface area contributed by atoms with Gasteiger partial charge in [-0.25, -0.2) is 4.98 Å². The van der Waals surface area contributed by atoms with Crippen LogP contribution in [0.2, 0.25) is 0 Å². The molecule has 33 heavy (non-hydrogen) atoms. The van der Waals surface area contributed by atoms with Gasteiger partial charge in [-0.05, 0) is 48.7 Å². The number of fused-ring (bicyclic) bond motifs is 2. The summed E-state index contributed by atoms with van der Waals surface area (Å²) in [6.45, 7) is 6.26. The first kappa shape index (κ1) is 22.0. The average Bonchev–Trinajstić information content (AvgIpc) is 2.82. The first-order chi connectivity index (χ1) is 15.9. The molecule has 168 valence electrons. The molecule has 3 heterocycles. The van der Waals surface area contributed by atoms with Gasteiger partial charge in [0.15, 0.2) is 0 Å². The van der Waals surface area contributed by atoms with Crippen LogP contribution in [0.4, 0.5) is 0 Å². The Morgan fingerprint density at radius 1 is 1.24 bits per heavy atom. The fourth-order valence-corrected chi connectivity index (χ4v) is 3.78. The number of ether oxygens (including phenoxy) is 1. The molecule has 1 amide bonds. The number of aromatic nitrogens is 3. The summed E-state index contributed by atoms with van der Waals surface area (Å²) in [5.41, 5.74) is 2.57. The predicted molar refractivity (Wildman–Crippen MR) is 127 cm³/mol. The Hall–Kier alpha value is -4.20. The minimum atomic E-state index is -0.415. The molecular weight excluding hydrogens is 418 g/mol. The second-order valence-corrected chi connectivity index (χ2v) is 7.70. The van der Waals surface area contributed by atoms with Crippen molar-refractivity contribution >= 4 is 22.6 Å². The number of methoxy groups -OCH3 is 1. The van der Waals surface area contributed by atoms with Gasteiger partial charge in [-0.3, -0.25) is 19.4 Å². The Kier molecular flexibility index (Phi) is 6.08. The zero-order valence-electron chi connectivity index (χ0n) is 18.6. The fourth-order valence-electron chi connectivity index (χ4n) is 3.78. The lowest BCUT2D eigenvalue weighted by molar-refractivity contribution is 0.0951. The van der Waals surface area contributed by atoms with Crippen LogP contribution in [0.25, 0.3) is 16.7 Å². The van der Waals surface area contributed by atoms with Crippen molar-refractivity contribution in [3.05, 3.63) is 93.8 Å². The summed E-state index contributed by atoms with van der Waals surface area (Å²) in [6.07, 6.45) is 3.89. The van der Waals surface area contributed by atoms with Crippen LogP contribution in [0.1, 0.15) is 21.5 Å². The number of nitrogens with one attached hydrogen (secondary N) is 2. The number of hydrogen-bond acceptors (Lipinski definition) is 5. The van der Waals surface area contributed by atoms with E-state index in [4.69, 9.17) is 10.1 Å². The van der Waals surface area contributed by atoms with E-state index >= 15 is 0 Å². The third-order valence-electron chi connectivity index (χ3n) is 5.55. The van der Waals surface area contributed by atoms with E-state index < -0.39 is 5.91 Å². The van der Waals surface area contributed by atoms with Crippen molar-refractivity contribution in [2.75, 3.05) is 13.7 Å². The molecule has 8 heteroatoms. The lowest BCUT2D eigenvalue weighted by atomic mass is 10.1. The first-order valence-corrected chi connectivity index (χ1v) is 10.6. The van der Waals surface area contributed by atoms with Crippen molar-refractivity contribution in [1.82, 2.24) is 19.3 Å². The van der Waals surface area contributed by atoms with Crippen LogP contribution in [0, 0.1) is 12.3 Å². The van der Waals surface area contributed by atoms with Crippen LogP contribution < -0.4 is 21.1 Å². The molecule has 0 saturated carbocycles. The third kappa shape index (κ3) is 4.15. The normalized spacial score (nSPS) is 11.0. The Balaban J connectivity index is 1.71. The van der Waals surface area contributed by atoms with E-state index in [1.807, 2.05) is 37.3 Å². The van der Waals surface area contributed by atoms with Crippen molar-refractivity contribution in [1.29, 1.82) is 5.41 Å². The number of aryl methyl sites for hydroxylation is 1. The lowest BCUT2D eigenvalue weighted by Crippen LogP contribution is -2.35. The molecule has 0 radical (unpaired) electrons. The van der Waals surface area contributed by atoms with Gasteiger partial charge in [-0.1, -0.05) is 24.3 Å². The van der Waals surface area contributed by atoms with Gasteiger partial charge in [0.2, 0.25) is 0 Å². The molecule has 4 aromatic rings. The highest BCUT2D eigenvalue weighted by atomic mass is 16.5. The minimum absolute atomic E-state index is 0.0193. The minimum Gasteiger partial charge on any atom is -0.497 e. The van der Waals surface area contributed by atoms with Gasteiger partial charge >= 0.3 is 0 Å². The topological polar surface area (TPSA) is 101 Å². The molecule has 0 saturated heterocycles. The highest BCUT2D eigenvalue weighted by Crippen LogP contribution is 2.13. The zero-order chi connectivity index (χ0) is 23.5. The highest BCUT2D eigenvalue weighted by molar-refractivity contribution is 5.96. The summed E-state index contributed by atoms with van der Waals surface area (Å²) < 4.78 is 8.16. The van der Waals surface area contributed by atoms with Crippen LogP contribution in [0.3, 0.4) is 0 Å². The van der Waals surface area contributed by atoms with Crippen molar-refractivity contribution in [2.45, 2.75) is 19.9 Å². The number of rotatable bonds is 7. The molecule has 0 fully saturated rings. The van der Waals surface area contributed by atoms with E-state index in [1.54, 1.807) is 25.4 Å². The van der Waals surface area contributed by atoms with Crippen LogP contribution in [-0.4, -0.2) is 33.5 Å². The number of carbonyl (C=O) groups excluding carboxylic acids is 1. The SMILES string of the molecule is C=CCn1c(=N)c(C(=O)NCCc2ccc(OC)cc2)cc2c(=O)n3cccc(C)c3nc21. The number of amides is 1. The summed E-state index contributed by atoms with van der Waals surface area (Å²) in [5, 5.41) is 11.8. The third-order valence-corrected chi connectivity index (χ3v) is 5.55. The lowest BCUT2D eigenvalue weighted by Gasteiger charge is -2.14. The van der Waals surface area contributed by atoms with Crippen LogP contribution in [0.15, 0.2) is 66.1 Å². The standard InChI is InChI=1S/C25H25N5O3/c1-4-13-29-21(26)19(24(31)27-12-11-17-7-9-18(33-3)10-8-17)15-20-23(29)28-22-16(2)6-5-14-30(22)25(20)32/h4-10,14-15,26H,1,11-13H2,2-3H3,(H,27,31). The summed E-state index contributed by atoms with van der Waals surface area (Å²) in [5.74, 6) is 0.356. The molecule has 4 rings (SSSR count). The molecule has 0 spiro atoms. The Morgan fingerprint density at radius 3 is 2.70 bits per heavy atom. The van der Waals surface area contributed by atoms with E-state index in [9.17, 15) is 9.59 Å². The number of allylic oxidation sites excluding steroid dienone is 1. The molecule has 0 unspecified atom stereocenters. The second kappa shape index (κ2) is 9.12. The molecule has 2 N–H and O–H groups in total. The van der Waals surface area contributed by atoms with Crippen molar-refractivity contribution < 1.29 is 9.53 Å². The van der Waals surface area contributed by atoms with Gasteiger partial charge in [-0.2, -0.15) is 0 Å².